The molecule has 0 saturated heterocycles. The minimum atomic E-state index is 0.605. The van der Waals surface area contributed by atoms with Gasteiger partial charge in [0.25, 0.3) is 0 Å². The van der Waals surface area contributed by atoms with E-state index in [9.17, 15) is 0 Å². The number of furan rings is 1. The van der Waals surface area contributed by atoms with Gasteiger partial charge in [0.2, 0.25) is 0 Å². The van der Waals surface area contributed by atoms with Crippen molar-refractivity contribution in [2.45, 2.75) is 0 Å². The summed E-state index contributed by atoms with van der Waals surface area (Å²) in [6.45, 7) is 0. The van der Waals surface area contributed by atoms with E-state index in [4.69, 9.17) is 19.4 Å². The van der Waals surface area contributed by atoms with E-state index in [0.29, 0.717) is 17.5 Å². The highest BCUT2D eigenvalue weighted by Crippen LogP contribution is 2.38. The fourth-order valence-corrected chi connectivity index (χ4v) is 7.29. The van der Waals surface area contributed by atoms with Crippen molar-refractivity contribution in [3.8, 4) is 78.7 Å². The van der Waals surface area contributed by atoms with E-state index in [1.54, 1.807) is 0 Å². The highest BCUT2D eigenvalue weighted by Gasteiger charge is 2.17. The second-order valence-corrected chi connectivity index (χ2v) is 13.6. The molecular weight excluding hydrogens is 671 g/mol. The molecule has 0 unspecified atom stereocenters. The number of rotatable bonds is 7. The number of aromatic nitrogens is 3. The molecule has 0 amide bonds. The SMILES string of the molecule is c1ccc(-c2ccc(-c3ccc(-c4nc(-c5ccccc5)nc(-c5ccc6oc7c(-c8ccc(-c9ccccc9)cc8)cccc7c6c5)n4)cc3)cc2)cc1. The third-order valence-electron chi connectivity index (χ3n) is 10.2. The Morgan fingerprint density at radius 2 is 0.655 bits per heavy atom. The zero-order valence-electron chi connectivity index (χ0n) is 29.8. The van der Waals surface area contributed by atoms with E-state index in [2.05, 4.69) is 146 Å². The highest BCUT2D eigenvalue weighted by atomic mass is 16.3. The topological polar surface area (TPSA) is 51.8 Å². The van der Waals surface area contributed by atoms with Crippen LogP contribution in [0.2, 0.25) is 0 Å². The van der Waals surface area contributed by atoms with Crippen LogP contribution in [0.4, 0.5) is 0 Å². The first-order chi connectivity index (χ1) is 27.2. The largest absolute Gasteiger partial charge is 0.455 e. The molecule has 2 aromatic heterocycles. The Hall–Kier alpha value is -7.43. The van der Waals surface area contributed by atoms with Gasteiger partial charge in [-0.3, -0.25) is 0 Å². The van der Waals surface area contributed by atoms with Crippen LogP contribution in [0, 0.1) is 0 Å². The summed E-state index contributed by atoms with van der Waals surface area (Å²) in [5, 5.41) is 2.06. The average Bonchev–Trinajstić information content (AvgIpc) is 3.66. The Bertz CT molecular complexity index is 2920. The Kier molecular flexibility index (Phi) is 8.12. The number of hydrogen-bond donors (Lipinski definition) is 0. The van der Waals surface area contributed by atoms with E-state index >= 15 is 0 Å². The maximum atomic E-state index is 6.55. The van der Waals surface area contributed by atoms with Crippen LogP contribution in [0.15, 0.2) is 205 Å². The molecule has 0 atom stereocenters. The fraction of sp³-hybridized carbons (Fsp3) is 0. The normalized spacial score (nSPS) is 11.3. The van der Waals surface area contributed by atoms with Crippen molar-refractivity contribution in [3.05, 3.63) is 200 Å². The lowest BCUT2D eigenvalue weighted by atomic mass is 9.98. The van der Waals surface area contributed by atoms with Crippen molar-refractivity contribution in [2.24, 2.45) is 0 Å². The molecule has 4 nitrogen and oxygen atoms in total. The van der Waals surface area contributed by atoms with Crippen molar-refractivity contribution in [3.63, 3.8) is 0 Å². The van der Waals surface area contributed by atoms with E-state index < -0.39 is 0 Å². The van der Waals surface area contributed by atoms with E-state index in [1.165, 1.54) is 22.3 Å². The molecular formula is C51H33N3O. The number of para-hydroxylation sites is 1. The summed E-state index contributed by atoms with van der Waals surface area (Å²) in [5.74, 6) is 1.85. The standard InChI is InChI=1S/C51H33N3O/c1-4-11-34(12-5-1)36-19-21-38(22-20-36)39-25-29-42(30-26-39)50-52-49(41-15-8-3-9-16-41)53-51(54-50)43-31-32-47-46(33-43)45-18-10-17-44(48(45)55-47)40-27-23-37(24-28-40)35-13-6-2-7-14-35/h1-33H. The molecule has 0 fully saturated rings. The van der Waals surface area contributed by atoms with E-state index in [0.717, 1.165) is 60.9 Å². The molecule has 0 bridgehead atoms. The van der Waals surface area contributed by atoms with Crippen LogP contribution in [0.3, 0.4) is 0 Å². The summed E-state index contributed by atoms with van der Waals surface area (Å²) in [4.78, 5) is 15.1. The predicted octanol–water partition coefficient (Wildman–Crippen LogP) is 13.4. The van der Waals surface area contributed by atoms with Crippen molar-refractivity contribution >= 4 is 21.9 Å². The number of nitrogens with zero attached hydrogens (tertiary/aromatic N) is 3. The van der Waals surface area contributed by atoms with Crippen LogP contribution in [0.25, 0.3) is 101 Å². The molecule has 0 N–H and O–H groups in total. The van der Waals surface area contributed by atoms with Gasteiger partial charge in [0.15, 0.2) is 17.5 Å². The minimum Gasteiger partial charge on any atom is -0.455 e. The maximum Gasteiger partial charge on any atom is 0.164 e. The number of benzene rings is 8. The number of hydrogen-bond acceptors (Lipinski definition) is 4. The Labute approximate surface area is 319 Å². The molecule has 10 rings (SSSR count). The van der Waals surface area contributed by atoms with Crippen molar-refractivity contribution < 1.29 is 4.42 Å². The molecule has 8 aromatic carbocycles. The van der Waals surface area contributed by atoms with Crippen LogP contribution in [-0.4, -0.2) is 15.0 Å². The first-order valence-corrected chi connectivity index (χ1v) is 18.4. The molecule has 0 aliphatic rings. The summed E-state index contributed by atoms with van der Waals surface area (Å²) in [6, 6.07) is 69.3. The second kappa shape index (κ2) is 13.8. The monoisotopic (exact) mass is 703 g/mol. The third-order valence-corrected chi connectivity index (χ3v) is 10.2. The van der Waals surface area contributed by atoms with Gasteiger partial charge in [-0.25, -0.2) is 15.0 Å². The lowest BCUT2D eigenvalue weighted by Gasteiger charge is -2.09. The van der Waals surface area contributed by atoms with E-state index in [1.807, 2.05) is 54.6 Å². The summed E-state index contributed by atoms with van der Waals surface area (Å²) < 4.78 is 6.55. The van der Waals surface area contributed by atoms with E-state index in [-0.39, 0.29) is 0 Å². The van der Waals surface area contributed by atoms with Gasteiger partial charge in [-0.15, -0.1) is 0 Å². The lowest BCUT2D eigenvalue weighted by Crippen LogP contribution is -2.00. The Morgan fingerprint density at radius 1 is 0.273 bits per heavy atom. The Balaban J connectivity index is 1.01. The van der Waals surface area contributed by atoms with Gasteiger partial charge in [0, 0.05) is 33.0 Å². The van der Waals surface area contributed by atoms with Crippen molar-refractivity contribution in [1.29, 1.82) is 0 Å². The van der Waals surface area contributed by atoms with Gasteiger partial charge in [0.1, 0.15) is 11.2 Å². The molecule has 0 spiro atoms. The first kappa shape index (κ1) is 32.2. The second-order valence-electron chi connectivity index (χ2n) is 13.6. The quantitative estimate of drug-likeness (QED) is 0.166. The highest BCUT2D eigenvalue weighted by molar-refractivity contribution is 6.10. The molecule has 0 saturated carbocycles. The average molecular weight is 704 g/mol. The molecule has 0 aliphatic carbocycles. The van der Waals surface area contributed by atoms with Gasteiger partial charge in [-0.05, 0) is 57.1 Å². The minimum absolute atomic E-state index is 0.605. The molecule has 2 heterocycles. The summed E-state index contributed by atoms with van der Waals surface area (Å²) in [6.07, 6.45) is 0. The summed E-state index contributed by atoms with van der Waals surface area (Å²) in [7, 11) is 0. The maximum absolute atomic E-state index is 6.55. The number of fused-ring (bicyclic) bond motifs is 3. The zero-order chi connectivity index (χ0) is 36.6. The lowest BCUT2D eigenvalue weighted by molar-refractivity contribution is 0.670. The molecule has 55 heavy (non-hydrogen) atoms. The van der Waals surface area contributed by atoms with Gasteiger partial charge >= 0.3 is 0 Å². The smallest absolute Gasteiger partial charge is 0.164 e. The van der Waals surface area contributed by atoms with Crippen LogP contribution < -0.4 is 0 Å². The molecule has 258 valence electrons. The first-order valence-electron chi connectivity index (χ1n) is 18.4. The molecule has 4 heteroatoms. The van der Waals surface area contributed by atoms with Crippen LogP contribution in [0.5, 0.6) is 0 Å². The van der Waals surface area contributed by atoms with Crippen LogP contribution in [-0.2, 0) is 0 Å². The van der Waals surface area contributed by atoms with Crippen molar-refractivity contribution in [1.82, 2.24) is 15.0 Å². The molecule has 0 radical (unpaired) electrons. The van der Waals surface area contributed by atoms with Gasteiger partial charge in [0.05, 0.1) is 0 Å². The molecule has 10 aromatic rings. The summed E-state index contributed by atoms with van der Waals surface area (Å²) >= 11 is 0. The fourth-order valence-electron chi connectivity index (χ4n) is 7.29. The van der Waals surface area contributed by atoms with Gasteiger partial charge in [-0.1, -0.05) is 182 Å². The van der Waals surface area contributed by atoms with Crippen LogP contribution in [0.1, 0.15) is 0 Å². The molecule has 0 aliphatic heterocycles. The van der Waals surface area contributed by atoms with Gasteiger partial charge < -0.3 is 4.42 Å². The predicted molar refractivity (Wildman–Crippen MR) is 225 cm³/mol. The Morgan fingerprint density at radius 3 is 1.16 bits per heavy atom. The third kappa shape index (κ3) is 6.26. The van der Waals surface area contributed by atoms with Gasteiger partial charge in [-0.2, -0.15) is 0 Å². The van der Waals surface area contributed by atoms with Crippen LogP contribution >= 0.6 is 0 Å². The summed E-state index contributed by atoms with van der Waals surface area (Å²) in [5.41, 5.74) is 13.6. The zero-order valence-corrected chi connectivity index (χ0v) is 29.8. The van der Waals surface area contributed by atoms with Crippen molar-refractivity contribution in [2.75, 3.05) is 0 Å².